The summed E-state index contributed by atoms with van der Waals surface area (Å²) in [4.78, 5) is 11.9. The third kappa shape index (κ3) is 2.44. The molecule has 0 aliphatic heterocycles. The third-order valence-electron chi connectivity index (χ3n) is 1.77. The van der Waals surface area contributed by atoms with Crippen LogP contribution in [-0.2, 0) is 7.05 Å². The maximum absolute atomic E-state index is 5.35. The van der Waals surface area contributed by atoms with Gasteiger partial charge >= 0.3 is 6.01 Å². The second-order valence-corrected chi connectivity index (χ2v) is 3.07. The number of anilines is 1. The summed E-state index contributed by atoms with van der Waals surface area (Å²) >= 11 is 0. The van der Waals surface area contributed by atoms with Crippen LogP contribution in [0.3, 0.4) is 0 Å². The highest BCUT2D eigenvalue weighted by Gasteiger charge is 2.04. The minimum Gasteiger partial charge on any atom is -0.404 e. The van der Waals surface area contributed by atoms with Crippen molar-refractivity contribution in [3.63, 3.8) is 0 Å². The Labute approximate surface area is 92.5 Å². The molecule has 16 heavy (non-hydrogen) atoms. The Bertz CT molecular complexity index is 469. The maximum atomic E-state index is 5.35. The van der Waals surface area contributed by atoms with E-state index in [2.05, 4.69) is 25.4 Å². The number of ether oxygens (including phenoxy) is 1. The maximum Gasteiger partial charge on any atom is 0.342 e. The predicted octanol–water partition coefficient (Wildman–Crippen LogP) is 0.829. The van der Waals surface area contributed by atoms with Gasteiger partial charge in [-0.15, -0.1) is 5.10 Å². The molecule has 0 bridgehead atoms. The van der Waals surface area contributed by atoms with E-state index >= 15 is 0 Å². The monoisotopic (exact) mass is 220 g/mol. The fourth-order valence-electron chi connectivity index (χ4n) is 1.13. The lowest BCUT2D eigenvalue weighted by atomic mass is 10.5. The first kappa shape index (κ1) is 10.3. The summed E-state index contributed by atoms with van der Waals surface area (Å²) in [6, 6.07) is 1.96. The first-order chi connectivity index (χ1) is 7.78. The molecule has 0 aliphatic rings. The Hall–Kier alpha value is -2.18. The fourth-order valence-corrected chi connectivity index (χ4v) is 1.13. The van der Waals surface area contributed by atoms with E-state index in [0.717, 1.165) is 6.54 Å². The Kier molecular flexibility index (Phi) is 2.95. The highest BCUT2D eigenvalue weighted by atomic mass is 16.5. The quantitative estimate of drug-likeness (QED) is 0.822. The molecule has 0 atom stereocenters. The summed E-state index contributed by atoms with van der Waals surface area (Å²) in [5, 5.41) is 7.05. The minimum absolute atomic E-state index is 0.267. The highest BCUT2D eigenvalue weighted by molar-refractivity contribution is 5.37. The lowest BCUT2D eigenvalue weighted by Crippen LogP contribution is -2.00. The van der Waals surface area contributed by atoms with Crippen molar-refractivity contribution in [2.75, 3.05) is 11.9 Å². The summed E-state index contributed by atoms with van der Waals surface area (Å²) in [5.74, 6) is 1.13. The van der Waals surface area contributed by atoms with E-state index < -0.39 is 0 Å². The molecule has 0 radical (unpaired) electrons. The molecule has 2 heterocycles. The van der Waals surface area contributed by atoms with Crippen LogP contribution in [0.25, 0.3) is 0 Å². The van der Waals surface area contributed by atoms with E-state index in [0.29, 0.717) is 11.7 Å². The van der Waals surface area contributed by atoms with Crippen LogP contribution in [-0.4, -0.2) is 31.3 Å². The Morgan fingerprint density at radius 3 is 2.94 bits per heavy atom. The number of nitrogens with zero attached hydrogens (tertiary/aromatic N) is 5. The van der Waals surface area contributed by atoms with Crippen molar-refractivity contribution in [1.29, 1.82) is 0 Å². The molecule has 7 nitrogen and oxygen atoms in total. The van der Waals surface area contributed by atoms with Crippen molar-refractivity contribution in [1.82, 2.24) is 24.7 Å². The van der Waals surface area contributed by atoms with Crippen molar-refractivity contribution in [3.8, 4) is 11.9 Å². The van der Waals surface area contributed by atoms with Gasteiger partial charge in [0.25, 0.3) is 0 Å². The lowest BCUT2D eigenvalue weighted by Gasteiger charge is -2.03. The molecule has 1 N–H and O–H groups in total. The number of aryl methyl sites for hydroxylation is 1. The van der Waals surface area contributed by atoms with Gasteiger partial charge in [0.2, 0.25) is 5.88 Å². The van der Waals surface area contributed by atoms with Gasteiger partial charge in [-0.2, -0.15) is 4.98 Å². The van der Waals surface area contributed by atoms with Gasteiger partial charge in [-0.05, 0) is 6.92 Å². The Morgan fingerprint density at radius 2 is 2.25 bits per heavy atom. The number of nitrogens with one attached hydrogen (secondary N) is 1. The smallest absolute Gasteiger partial charge is 0.342 e. The molecule has 0 fully saturated rings. The molecular formula is C9H12N6O. The second kappa shape index (κ2) is 4.56. The van der Waals surface area contributed by atoms with Gasteiger partial charge < -0.3 is 10.1 Å². The molecule has 0 aliphatic carbocycles. The van der Waals surface area contributed by atoms with Crippen LogP contribution in [0.15, 0.2) is 18.7 Å². The van der Waals surface area contributed by atoms with E-state index in [1.54, 1.807) is 24.1 Å². The molecule has 2 aromatic rings. The molecule has 84 valence electrons. The normalized spacial score (nSPS) is 10.1. The molecule has 0 amide bonds. The van der Waals surface area contributed by atoms with Gasteiger partial charge in [0, 0.05) is 19.7 Å². The van der Waals surface area contributed by atoms with Crippen molar-refractivity contribution in [3.05, 3.63) is 18.7 Å². The molecule has 0 saturated carbocycles. The fraction of sp³-hybridized carbons (Fsp3) is 0.333. The molecular weight excluding hydrogens is 208 g/mol. The minimum atomic E-state index is 0.267. The van der Waals surface area contributed by atoms with Crippen LogP contribution >= 0.6 is 0 Å². The van der Waals surface area contributed by atoms with E-state index in [4.69, 9.17) is 4.74 Å². The first-order valence-corrected chi connectivity index (χ1v) is 4.87. The van der Waals surface area contributed by atoms with Gasteiger partial charge in [0.15, 0.2) is 0 Å². The highest BCUT2D eigenvalue weighted by Crippen LogP contribution is 2.16. The molecule has 2 rings (SSSR count). The van der Waals surface area contributed by atoms with Crippen molar-refractivity contribution >= 4 is 5.82 Å². The summed E-state index contributed by atoms with van der Waals surface area (Å²) in [7, 11) is 1.77. The average molecular weight is 220 g/mol. The van der Waals surface area contributed by atoms with Gasteiger partial charge in [-0.25, -0.2) is 9.97 Å². The zero-order chi connectivity index (χ0) is 11.4. The van der Waals surface area contributed by atoms with Crippen molar-refractivity contribution in [2.24, 2.45) is 7.05 Å². The van der Waals surface area contributed by atoms with Crippen LogP contribution in [0.1, 0.15) is 6.92 Å². The SMILES string of the molecule is CCNc1cc(Oc2ncn(C)n2)ncn1. The second-order valence-electron chi connectivity index (χ2n) is 3.07. The zero-order valence-electron chi connectivity index (χ0n) is 9.08. The molecule has 7 heteroatoms. The van der Waals surface area contributed by atoms with Gasteiger partial charge in [0.1, 0.15) is 18.5 Å². The lowest BCUT2D eigenvalue weighted by molar-refractivity contribution is 0.422. The average Bonchev–Trinajstić information content (AvgIpc) is 2.65. The van der Waals surface area contributed by atoms with Crippen molar-refractivity contribution < 1.29 is 4.74 Å². The van der Waals surface area contributed by atoms with Crippen LogP contribution in [0.2, 0.25) is 0 Å². The molecule has 0 spiro atoms. The van der Waals surface area contributed by atoms with Crippen LogP contribution in [0, 0.1) is 0 Å². The summed E-state index contributed by atoms with van der Waals surface area (Å²) in [6.45, 7) is 2.78. The molecule has 0 saturated heterocycles. The third-order valence-corrected chi connectivity index (χ3v) is 1.77. The van der Waals surface area contributed by atoms with Crippen LogP contribution < -0.4 is 10.1 Å². The first-order valence-electron chi connectivity index (χ1n) is 4.87. The van der Waals surface area contributed by atoms with Crippen LogP contribution in [0.4, 0.5) is 5.82 Å². The van der Waals surface area contributed by atoms with E-state index in [1.165, 1.54) is 6.33 Å². The summed E-state index contributed by atoms with van der Waals surface area (Å²) in [6.07, 6.45) is 2.98. The number of hydrogen-bond acceptors (Lipinski definition) is 6. The molecule has 0 aromatic carbocycles. The number of hydrogen-bond donors (Lipinski definition) is 1. The van der Waals surface area contributed by atoms with E-state index in [-0.39, 0.29) is 6.01 Å². The Balaban J connectivity index is 2.12. The van der Waals surface area contributed by atoms with Gasteiger partial charge in [0.05, 0.1) is 0 Å². The predicted molar refractivity (Wildman–Crippen MR) is 57.3 cm³/mol. The molecule has 0 unspecified atom stereocenters. The Morgan fingerprint density at radius 1 is 1.38 bits per heavy atom. The van der Waals surface area contributed by atoms with Crippen LogP contribution in [0.5, 0.6) is 11.9 Å². The number of rotatable bonds is 4. The van der Waals surface area contributed by atoms with Gasteiger partial charge in [-0.1, -0.05) is 0 Å². The summed E-state index contributed by atoms with van der Waals surface area (Å²) < 4.78 is 6.91. The topological polar surface area (TPSA) is 77.8 Å². The standard InChI is InChI=1S/C9H12N6O/c1-3-10-7-4-8(12-5-11-7)16-9-13-6-15(2)14-9/h4-6H,3H2,1-2H3,(H,10,11,12). The van der Waals surface area contributed by atoms with Gasteiger partial charge in [-0.3, -0.25) is 4.68 Å². The molecule has 2 aromatic heterocycles. The zero-order valence-corrected chi connectivity index (χ0v) is 9.08. The summed E-state index contributed by atoms with van der Waals surface area (Å²) in [5.41, 5.74) is 0. The number of aromatic nitrogens is 5. The van der Waals surface area contributed by atoms with Crippen molar-refractivity contribution in [2.45, 2.75) is 6.92 Å². The largest absolute Gasteiger partial charge is 0.404 e. The van der Waals surface area contributed by atoms with E-state index in [9.17, 15) is 0 Å². The van der Waals surface area contributed by atoms with E-state index in [1.807, 2.05) is 6.92 Å².